The monoisotopic (exact) mass is 497 g/mol. The number of aromatic carboxylic acids is 1. The number of thiophene rings is 1. The molecule has 1 unspecified atom stereocenters. The Morgan fingerprint density at radius 3 is 2.54 bits per heavy atom. The number of aliphatic hydroxyl groups excluding tert-OH is 1. The second kappa shape index (κ2) is 10.6. The summed E-state index contributed by atoms with van der Waals surface area (Å²) in [6, 6.07) is 8.65. The topological polar surface area (TPSA) is 155 Å². The number of carbonyl (C=O) groups excluding carboxylic acids is 1. The number of nitrogens with two attached hydrogens (primary N) is 2. The van der Waals surface area contributed by atoms with Crippen LogP contribution in [0.2, 0.25) is 0 Å². The van der Waals surface area contributed by atoms with E-state index in [2.05, 4.69) is 23.2 Å². The van der Waals surface area contributed by atoms with E-state index in [0.717, 1.165) is 60.4 Å². The molecule has 186 valence electrons. The van der Waals surface area contributed by atoms with Crippen molar-refractivity contribution in [3.63, 3.8) is 0 Å². The highest BCUT2D eigenvalue weighted by Crippen LogP contribution is 2.37. The van der Waals surface area contributed by atoms with E-state index < -0.39 is 18.0 Å². The highest BCUT2D eigenvalue weighted by atomic mass is 32.1. The van der Waals surface area contributed by atoms with Gasteiger partial charge in [0.15, 0.2) is 0 Å². The number of carboxylic acids is 1. The van der Waals surface area contributed by atoms with Crippen molar-refractivity contribution in [1.29, 1.82) is 0 Å². The van der Waals surface area contributed by atoms with Crippen molar-refractivity contribution < 1.29 is 19.8 Å². The van der Waals surface area contributed by atoms with Gasteiger partial charge in [0.2, 0.25) is 0 Å². The fraction of sp³-hybridized carbons (Fsp3) is 0.400. The molecule has 1 saturated heterocycles. The molecule has 0 saturated carbocycles. The molecule has 9 nitrogen and oxygen atoms in total. The quantitative estimate of drug-likeness (QED) is 0.302. The van der Waals surface area contributed by atoms with Crippen LogP contribution in [0.4, 0.5) is 11.5 Å². The van der Waals surface area contributed by atoms with Crippen molar-refractivity contribution in [2.45, 2.75) is 44.8 Å². The number of nitrogens with zero attached hydrogens (tertiary/aromatic N) is 2. The van der Waals surface area contributed by atoms with Crippen LogP contribution < -0.4 is 21.7 Å². The van der Waals surface area contributed by atoms with Crippen molar-refractivity contribution in [2.75, 3.05) is 30.3 Å². The molecule has 1 aromatic carbocycles. The Bertz CT molecular complexity index is 1220. The minimum Gasteiger partial charge on any atom is -0.478 e. The molecule has 2 aromatic heterocycles. The summed E-state index contributed by atoms with van der Waals surface area (Å²) in [5.74, 6) is -0.626. The Labute approximate surface area is 207 Å². The first kappa shape index (κ1) is 24.9. The molecule has 35 heavy (non-hydrogen) atoms. The standard InChI is InChI=1S/C25H31N5O4S/c1-2-3-16-12-19(29-24-20(16)21(26)22(35-24)23(27)32)30-10-8-17(9-11-30)28-13-18(31)14-4-6-15(7-5-14)25(33)34/h4-7,12,17-18,28,31H,2-3,8-11,13,26H2,1H3,(H2,27,32)(H,33,34). The van der Waals surface area contributed by atoms with Crippen LogP contribution in [0, 0.1) is 0 Å². The van der Waals surface area contributed by atoms with E-state index in [0.29, 0.717) is 22.7 Å². The molecule has 1 aliphatic heterocycles. The molecule has 0 radical (unpaired) electrons. The number of carboxylic acid groups (broad SMARTS) is 1. The molecule has 1 atom stereocenters. The number of pyridine rings is 1. The van der Waals surface area contributed by atoms with Crippen LogP contribution in [0.15, 0.2) is 30.3 Å². The molecule has 0 aliphatic carbocycles. The molecule has 4 rings (SSSR count). The lowest BCUT2D eigenvalue weighted by molar-refractivity contribution is 0.0696. The first-order chi connectivity index (χ1) is 16.8. The molecule has 0 spiro atoms. The zero-order valence-electron chi connectivity index (χ0n) is 19.7. The normalized spacial score (nSPS) is 15.4. The molecular formula is C25H31N5O4S. The van der Waals surface area contributed by atoms with Gasteiger partial charge in [-0.2, -0.15) is 0 Å². The van der Waals surface area contributed by atoms with Crippen molar-refractivity contribution >= 4 is 44.9 Å². The Hall–Kier alpha value is -3.21. The Kier molecular flexibility index (Phi) is 7.54. The van der Waals surface area contributed by atoms with Gasteiger partial charge in [-0.3, -0.25) is 4.79 Å². The van der Waals surface area contributed by atoms with Gasteiger partial charge in [-0.05, 0) is 48.6 Å². The summed E-state index contributed by atoms with van der Waals surface area (Å²) in [6.45, 7) is 4.13. The third-order valence-electron chi connectivity index (χ3n) is 6.47. The second-order valence-corrected chi connectivity index (χ2v) is 9.89. The number of nitrogen functional groups attached to an aromatic ring is 1. The first-order valence-electron chi connectivity index (χ1n) is 11.8. The van der Waals surface area contributed by atoms with Gasteiger partial charge in [0.25, 0.3) is 5.91 Å². The average Bonchev–Trinajstić information content (AvgIpc) is 3.20. The van der Waals surface area contributed by atoms with Gasteiger partial charge in [0.05, 0.1) is 17.4 Å². The lowest BCUT2D eigenvalue weighted by Gasteiger charge is -2.34. The van der Waals surface area contributed by atoms with E-state index in [1.807, 2.05) is 0 Å². The van der Waals surface area contributed by atoms with Crippen molar-refractivity contribution in [2.24, 2.45) is 5.73 Å². The molecule has 3 aromatic rings. The van der Waals surface area contributed by atoms with Gasteiger partial charge in [0.1, 0.15) is 15.5 Å². The van der Waals surface area contributed by atoms with E-state index in [9.17, 15) is 14.7 Å². The Morgan fingerprint density at radius 1 is 1.26 bits per heavy atom. The summed E-state index contributed by atoms with van der Waals surface area (Å²) >= 11 is 1.25. The van der Waals surface area contributed by atoms with Gasteiger partial charge >= 0.3 is 5.97 Å². The largest absolute Gasteiger partial charge is 0.478 e. The number of carbonyl (C=O) groups is 2. The summed E-state index contributed by atoms with van der Waals surface area (Å²) in [5.41, 5.74) is 14.2. The molecular weight excluding hydrogens is 466 g/mol. The number of rotatable bonds is 9. The number of anilines is 2. The first-order valence-corrected chi connectivity index (χ1v) is 12.6. The fourth-order valence-corrected chi connectivity index (χ4v) is 5.54. The number of hydrogen-bond acceptors (Lipinski definition) is 8. The van der Waals surface area contributed by atoms with Gasteiger partial charge in [0, 0.05) is 31.1 Å². The maximum Gasteiger partial charge on any atom is 0.335 e. The fourth-order valence-electron chi connectivity index (χ4n) is 4.55. The second-order valence-electron chi connectivity index (χ2n) is 8.89. The number of primary amides is 1. The van der Waals surface area contributed by atoms with Crippen LogP contribution in [0.25, 0.3) is 10.2 Å². The lowest BCUT2D eigenvalue weighted by atomic mass is 10.0. The number of piperidine rings is 1. The summed E-state index contributed by atoms with van der Waals surface area (Å²) in [5, 5.41) is 23.8. The van der Waals surface area contributed by atoms with Crippen LogP contribution >= 0.6 is 11.3 Å². The van der Waals surface area contributed by atoms with Crippen LogP contribution in [-0.2, 0) is 6.42 Å². The molecule has 1 amide bonds. The lowest BCUT2D eigenvalue weighted by Crippen LogP contribution is -2.44. The third kappa shape index (κ3) is 5.39. The average molecular weight is 498 g/mol. The van der Waals surface area contributed by atoms with Gasteiger partial charge in [-0.1, -0.05) is 25.5 Å². The molecule has 7 N–H and O–H groups in total. The van der Waals surface area contributed by atoms with E-state index in [4.69, 9.17) is 21.6 Å². The Morgan fingerprint density at radius 2 is 1.94 bits per heavy atom. The number of fused-ring (bicyclic) bond motifs is 1. The van der Waals surface area contributed by atoms with E-state index >= 15 is 0 Å². The van der Waals surface area contributed by atoms with Crippen LogP contribution in [0.3, 0.4) is 0 Å². The maximum atomic E-state index is 11.8. The van der Waals surface area contributed by atoms with Gasteiger partial charge < -0.3 is 31.9 Å². The summed E-state index contributed by atoms with van der Waals surface area (Å²) in [7, 11) is 0. The third-order valence-corrected chi connectivity index (χ3v) is 7.59. The van der Waals surface area contributed by atoms with Gasteiger partial charge in [-0.25, -0.2) is 9.78 Å². The predicted molar refractivity (Wildman–Crippen MR) is 138 cm³/mol. The van der Waals surface area contributed by atoms with E-state index in [1.54, 1.807) is 12.1 Å². The van der Waals surface area contributed by atoms with Crippen LogP contribution in [0.1, 0.15) is 63.4 Å². The zero-order chi connectivity index (χ0) is 25.1. The highest BCUT2D eigenvalue weighted by molar-refractivity contribution is 7.21. The minimum atomic E-state index is -0.984. The summed E-state index contributed by atoms with van der Waals surface area (Å²) in [4.78, 5) is 31.0. The number of benzene rings is 1. The highest BCUT2D eigenvalue weighted by Gasteiger charge is 2.24. The molecule has 3 heterocycles. The van der Waals surface area contributed by atoms with Crippen molar-refractivity contribution in [1.82, 2.24) is 10.3 Å². The van der Waals surface area contributed by atoms with Gasteiger partial charge in [-0.15, -0.1) is 11.3 Å². The van der Waals surface area contributed by atoms with Crippen molar-refractivity contribution in [3.8, 4) is 0 Å². The SMILES string of the molecule is CCCc1cc(N2CCC(NCC(O)c3ccc(C(=O)O)cc3)CC2)nc2sc(C(N)=O)c(N)c12. The molecule has 10 heteroatoms. The maximum absolute atomic E-state index is 11.8. The zero-order valence-corrected chi connectivity index (χ0v) is 20.5. The number of aliphatic hydroxyl groups is 1. The van der Waals surface area contributed by atoms with E-state index in [-0.39, 0.29) is 11.6 Å². The Balaban J connectivity index is 1.39. The van der Waals surface area contributed by atoms with Crippen LogP contribution in [-0.4, -0.2) is 52.7 Å². The number of aromatic nitrogens is 1. The predicted octanol–water partition coefficient (Wildman–Crippen LogP) is 2.92. The molecule has 1 aliphatic rings. The summed E-state index contributed by atoms with van der Waals surface area (Å²) in [6.07, 6.45) is 2.88. The number of amides is 1. The number of nitrogens with one attached hydrogen (secondary N) is 1. The smallest absolute Gasteiger partial charge is 0.335 e. The summed E-state index contributed by atoms with van der Waals surface area (Å²) < 4.78 is 0. The van der Waals surface area contributed by atoms with E-state index in [1.165, 1.54) is 23.5 Å². The number of aryl methyl sites for hydroxylation is 1. The number of hydrogen-bond donors (Lipinski definition) is 5. The van der Waals surface area contributed by atoms with Crippen LogP contribution in [0.5, 0.6) is 0 Å². The molecule has 1 fully saturated rings. The van der Waals surface area contributed by atoms with Crippen molar-refractivity contribution in [3.05, 3.63) is 51.9 Å². The minimum absolute atomic E-state index is 0.200. The molecule has 0 bridgehead atoms.